The molecule has 3 heteroatoms. The molecule has 1 fully saturated rings. The molecule has 0 saturated carbocycles. The molecule has 2 N–H and O–H groups in total. The Hall–Kier alpha value is -1.35. The van der Waals surface area contributed by atoms with Gasteiger partial charge in [0.25, 0.3) is 0 Å². The second-order valence-electron chi connectivity index (χ2n) is 3.18. The second-order valence-corrected chi connectivity index (χ2v) is 3.18. The van der Waals surface area contributed by atoms with Gasteiger partial charge in [-0.05, 0) is 5.56 Å². The Bertz CT molecular complexity index is 310. The molecule has 13 heavy (non-hydrogen) atoms. The molecule has 0 bridgehead atoms. The molecule has 2 rings (SSSR count). The maximum atomic E-state index is 11.0. The fourth-order valence-corrected chi connectivity index (χ4v) is 1.47. The molecule has 3 nitrogen and oxygen atoms in total. The Labute approximate surface area is 76.5 Å². The van der Waals surface area contributed by atoms with Gasteiger partial charge >= 0.3 is 5.97 Å². The number of nitrogens with two attached hydrogens (primary N) is 1. The molecule has 0 amide bonds. The number of hydrogen-bond acceptors (Lipinski definition) is 3. The average Bonchev–Trinajstić information content (AvgIpc) is 2.49. The lowest BCUT2D eigenvalue weighted by Gasteiger charge is -2.07. The van der Waals surface area contributed by atoms with E-state index >= 15 is 0 Å². The third-order valence-electron chi connectivity index (χ3n) is 2.20. The van der Waals surface area contributed by atoms with Gasteiger partial charge in [-0.15, -0.1) is 0 Å². The number of hydrogen-bond donors (Lipinski definition) is 1. The number of ether oxygens (including phenoxy) is 1. The summed E-state index contributed by atoms with van der Waals surface area (Å²) in [6, 6.07) is 9.21. The third-order valence-corrected chi connectivity index (χ3v) is 2.20. The lowest BCUT2D eigenvalue weighted by Crippen LogP contribution is -2.24. The van der Waals surface area contributed by atoms with E-state index in [2.05, 4.69) is 0 Å². The molecule has 1 aliphatic rings. The SMILES string of the molecule is NC1CC(c2ccccc2)OC1=O. The van der Waals surface area contributed by atoms with Gasteiger partial charge in [0, 0.05) is 6.42 Å². The van der Waals surface area contributed by atoms with Crippen molar-refractivity contribution in [3.05, 3.63) is 35.9 Å². The zero-order valence-electron chi connectivity index (χ0n) is 7.14. The zero-order chi connectivity index (χ0) is 9.26. The van der Waals surface area contributed by atoms with E-state index in [-0.39, 0.29) is 12.1 Å². The molecular formula is C10H11NO2. The van der Waals surface area contributed by atoms with Gasteiger partial charge in [-0.25, -0.2) is 0 Å². The average molecular weight is 177 g/mol. The molecule has 0 radical (unpaired) electrons. The van der Waals surface area contributed by atoms with Crippen LogP contribution in [0.4, 0.5) is 0 Å². The summed E-state index contributed by atoms with van der Waals surface area (Å²) in [5.41, 5.74) is 6.55. The predicted octanol–water partition coefficient (Wildman–Crippen LogP) is 1.00. The lowest BCUT2D eigenvalue weighted by molar-refractivity contribution is -0.142. The third kappa shape index (κ3) is 1.55. The van der Waals surface area contributed by atoms with Crippen molar-refractivity contribution < 1.29 is 9.53 Å². The Morgan fingerprint density at radius 3 is 2.54 bits per heavy atom. The molecule has 68 valence electrons. The highest BCUT2D eigenvalue weighted by Gasteiger charge is 2.32. The zero-order valence-corrected chi connectivity index (χ0v) is 7.14. The summed E-state index contributed by atoms with van der Waals surface area (Å²) in [6.45, 7) is 0. The van der Waals surface area contributed by atoms with Crippen molar-refractivity contribution in [3.8, 4) is 0 Å². The maximum Gasteiger partial charge on any atom is 0.323 e. The molecule has 2 atom stereocenters. The van der Waals surface area contributed by atoms with Crippen LogP contribution in [0.2, 0.25) is 0 Å². The minimum absolute atomic E-state index is 0.149. The highest BCUT2D eigenvalue weighted by atomic mass is 16.6. The van der Waals surface area contributed by atoms with Crippen LogP contribution in [0.1, 0.15) is 18.1 Å². The molecule has 0 aromatic heterocycles. The predicted molar refractivity (Wildman–Crippen MR) is 47.9 cm³/mol. The fraction of sp³-hybridized carbons (Fsp3) is 0.300. The van der Waals surface area contributed by atoms with Gasteiger partial charge < -0.3 is 10.5 Å². The Morgan fingerprint density at radius 1 is 1.31 bits per heavy atom. The first-order valence-electron chi connectivity index (χ1n) is 4.28. The molecule has 0 aliphatic carbocycles. The van der Waals surface area contributed by atoms with E-state index in [1.165, 1.54) is 0 Å². The molecule has 1 saturated heterocycles. The molecular weight excluding hydrogens is 166 g/mol. The van der Waals surface area contributed by atoms with Crippen molar-refractivity contribution in [3.63, 3.8) is 0 Å². The van der Waals surface area contributed by atoms with Gasteiger partial charge in [0.1, 0.15) is 12.1 Å². The van der Waals surface area contributed by atoms with Crippen LogP contribution < -0.4 is 5.73 Å². The van der Waals surface area contributed by atoms with Crippen LogP contribution in [0.25, 0.3) is 0 Å². The van der Waals surface area contributed by atoms with E-state index in [1.807, 2.05) is 30.3 Å². The lowest BCUT2D eigenvalue weighted by atomic mass is 10.1. The van der Waals surface area contributed by atoms with Gasteiger partial charge in [-0.2, -0.15) is 0 Å². The number of carbonyl (C=O) groups is 1. The summed E-state index contributed by atoms with van der Waals surface area (Å²) >= 11 is 0. The molecule has 1 aromatic carbocycles. The van der Waals surface area contributed by atoms with Gasteiger partial charge in [-0.3, -0.25) is 4.79 Å². The minimum atomic E-state index is -0.454. The van der Waals surface area contributed by atoms with E-state index < -0.39 is 6.04 Å². The number of esters is 1. The number of benzene rings is 1. The summed E-state index contributed by atoms with van der Waals surface area (Å²) < 4.78 is 5.10. The molecule has 1 heterocycles. The number of rotatable bonds is 1. The monoisotopic (exact) mass is 177 g/mol. The van der Waals surface area contributed by atoms with Crippen LogP contribution in [0.3, 0.4) is 0 Å². The first-order valence-corrected chi connectivity index (χ1v) is 4.28. The largest absolute Gasteiger partial charge is 0.456 e. The van der Waals surface area contributed by atoms with Crippen molar-refractivity contribution in [1.29, 1.82) is 0 Å². The van der Waals surface area contributed by atoms with Crippen molar-refractivity contribution >= 4 is 5.97 Å². The molecule has 2 unspecified atom stereocenters. The summed E-state index contributed by atoms with van der Waals surface area (Å²) in [4.78, 5) is 11.0. The Kier molecular flexibility index (Phi) is 2.02. The van der Waals surface area contributed by atoms with Crippen LogP contribution in [0.15, 0.2) is 30.3 Å². The fourth-order valence-electron chi connectivity index (χ4n) is 1.47. The van der Waals surface area contributed by atoms with Gasteiger partial charge in [-0.1, -0.05) is 30.3 Å². The molecule has 1 aliphatic heterocycles. The topological polar surface area (TPSA) is 52.3 Å². The summed E-state index contributed by atoms with van der Waals surface area (Å²) in [6.07, 6.45) is 0.437. The Morgan fingerprint density at radius 2 is 2.00 bits per heavy atom. The van der Waals surface area contributed by atoms with Crippen LogP contribution in [-0.2, 0) is 9.53 Å². The van der Waals surface area contributed by atoms with Crippen molar-refractivity contribution in [2.75, 3.05) is 0 Å². The highest BCUT2D eigenvalue weighted by molar-refractivity contribution is 5.77. The van der Waals surface area contributed by atoms with Crippen LogP contribution in [0, 0.1) is 0 Å². The Balaban J connectivity index is 2.17. The van der Waals surface area contributed by atoms with Gasteiger partial charge in [0.05, 0.1) is 0 Å². The van der Waals surface area contributed by atoms with Gasteiger partial charge in [0.2, 0.25) is 0 Å². The second kappa shape index (κ2) is 3.18. The van der Waals surface area contributed by atoms with Gasteiger partial charge in [0.15, 0.2) is 0 Å². The van der Waals surface area contributed by atoms with E-state index in [0.717, 1.165) is 5.56 Å². The molecule has 0 spiro atoms. The minimum Gasteiger partial charge on any atom is -0.456 e. The van der Waals surface area contributed by atoms with E-state index in [9.17, 15) is 4.79 Å². The van der Waals surface area contributed by atoms with Crippen LogP contribution in [-0.4, -0.2) is 12.0 Å². The van der Waals surface area contributed by atoms with Crippen molar-refractivity contribution in [2.45, 2.75) is 18.6 Å². The summed E-state index contributed by atoms with van der Waals surface area (Å²) in [5.74, 6) is -0.297. The number of cyclic esters (lactones) is 1. The van der Waals surface area contributed by atoms with E-state index in [1.54, 1.807) is 0 Å². The maximum absolute atomic E-state index is 11.0. The smallest absolute Gasteiger partial charge is 0.323 e. The molecule has 1 aromatic rings. The van der Waals surface area contributed by atoms with Crippen molar-refractivity contribution in [2.24, 2.45) is 5.73 Å². The first-order chi connectivity index (χ1) is 6.27. The van der Waals surface area contributed by atoms with Crippen molar-refractivity contribution in [1.82, 2.24) is 0 Å². The quantitative estimate of drug-likeness (QED) is 0.651. The van der Waals surface area contributed by atoms with E-state index in [4.69, 9.17) is 10.5 Å². The summed E-state index contributed by atoms with van der Waals surface area (Å²) in [5, 5.41) is 0. The van der Waals surface area contributed by atoms with E-state index in [0.29, 0.717) is 6.42 Å². The highest BCUT2D eigenvalue weighted by Crippen LogP contribution is 2.28. The summed E-state index contributed by atoms with van der Waals surface area (Å²) in [7, 11) is 0. The first kappa shape index (κ1) is 8.26. The number of carbonyl (C=O) groups excluding carboxylic acids is 1. The van der Waals surface area contributed by atoms with Crippen LogP contribution >= 0.6 is 0 Å². The standard InChI is InChI=1S/C10H11NO2/c11-8-6-9(13-10(8)12)7-4-2-1-3-5-7/h1-5,8-9H,6,11H2. The normalized spacial score (nSPS) is 27.3. The van der Waals surface area contributed by atoms with Crippen LogP contribution in [0.5, 0.6) is 0 Å².